The van der Waals surface area contributed by atoms with Crippen LogP contribution in [0.2, 0.25) is 0 Å². The van der Waals surface area contributed by atoms with Crippen LogP contribution in [0.25, 0.3) is 44.7 Å². The van der Waals surface area contributed by atoms with Crippen molar-refractivity contribution in [2.75, 3.05) is 82.4 Å². The summed E-state index contributed by atoms with van der Waals surface area (Å²) in [5, 5.41) is 30.2. The number of fused-ring (bicyclic) bond motifs is 2. The van der Waals surface area contributed by atoms with E-state index >= 15 is 0 Å². The number of ketones is 2. The van der Waals surface area contributed by atoms with E-state index < -0.39 is 0 Å². The summed E-state index contributed by atoms with van der Waals surface area (Å²) in [7, 11) is 6.41. The van der Waals surface area contributed by atoms with Gasteiger partial charge in [-0.2, -0.15) is 9.97 Å². The number of hydrogen-bond donors (Lipinski definition) is 5. The summed E-state index contributed by atoms with van der Waals surface area (Å²) in [5.74, 6) is 5.16. The predicted octanol–water partition coefficient (Wildman–Crippen LogP) is 10.0. The van der Waals surface area contributed by atoms with Crippen LogP contribution in [0, 0.1) is 0 Å². The van der Waals surface area contributed by atoms with E-state index in [1.807, 2.05) is 121 Å². The summed E-state index contributed by atoms with van der Waals surface area (Å²) in [4.78, 5) is 42.1. The third kappa shape index (κ3) is 15.8. The van der Waals surface area contributed by atoms with Crippen molar-refractivity contribution in [2.45, 2.75) is 32.6 Å². The van der Waals surface area contributed by atoms with Crippen molar-refractivity contribution < 1.29 is 37.4 Å². The average Bonchev–Trinajstić information content (AvgIpc) is 4.42. The van der Waals surface area contributed by atoms with Crippen LogP contribution < -0.4 is 45.9 Å². The Morgan fingerprint density at radius 1 is 0.481 bits per heavy atom. The van der Waals surface area contributed by atoms with E-state index in [1.54, 1.807) is 28.4 Å². The van der Waals surface area contributed by atoms with Gasteiger partial charge in [-0.25, -0.2) is 9.97 Å². The van der Waals surface area contributed by atoms with Gasteiger partial charge in [0.15, 0.2) is 23.0 Å². The molecule has 0 fully saturated rings. The van der Waals surface area contributed by atoms with Crippen LogP contribution in [-0.2, 0) is 12.8 Å². The van der Waals surface area contributed by atoms with Gasteiger partial charge in [0, 0.05) is 80.1 Å². The lowest BCUT2D eigenvalue weighted by atomic mass is 10.1. The van der Waals surface area contributed by atoms with Crippen LogP contribution >= 0.6 is 0 Å². The molecular weight excluding hydrogens is 1030 g/mol. The second kappa shape index (κ2) is 29.1. The minimum absolute atomic E-state index is 0.00625. The Hall–Kier alpha value is -10.0. The molecule has 0 amide bonds. The molecule has 21 nitrogen and oxygen atoms in total. The van der Waals surface area contributed by atoms with Gasteiger partial charge in [0.05, 0.1) is 39.5 Å². The molecule has 0 saturated heterocycles. The highest BCUT2D eigenvalue weighted by Crippen LogP contribution is 2.36. The number of nitrogens with one attached hydrogen (secondary N) is 4. The highest BCUT2D eigenvalue weighted by molar-refractivity contribution is 5.94. The van der Waals surface area contributed by atoms with Crippen molar-refractivity contribution in [3.8, 4) is 45.9 Å². The van der Waals surface area contributed by atoms with E-state index in [4.69, 9.17) is 38.5 Å². The largest absolute Gasteiger partial charge is 0.493 e. The first-order chi connectivity index (χ1) is 39.7. The van der Waals surface area contributed by atoms with E-state index in [0.29, 0.717) is 90.6 Å². The van der Waals surface area contributed by atoms with Crippen LogP contribution in [0.3, 0.4) is 0 Å². The topological polar surface area (TPSA) is 275 Å². The summed E-state index contributed by atoms with van der Waals surface area (Å²) >= 11 is 0. The molecule has 0 aliphatic rings. The van der Waals surface area contributed by atoms with E-state index in [1.165, 1.54) is 18.1 Å². The molecule has 21 heteroatoms. The Bertz CT molecular complexity index is 3610. The number of nitrogens with two attached hydrogens (primary N) is 1. The van der Waals surface area contributed by atoms with Crippen molar-refractivity contribution in [1.29, 1.82) is 0 Å². The number of aromatic nitrogens is 8. The van der Waals surface area contributed by atoms with Gasteiger partial charge in [-0.1, -0.05) is 97.1 Å². The summed E-state index contributed by atoms with van der Waals surface area (Å²) in [6.07, 6.45) is 2.51. The van der Waals surface area contributed by atoms with Gasteiger partial charge >= 0.3 is 0 Å². The number of benzene rings is 6. The molecule has 6 aromatic carbocycles. The van der Waals surface area contributed by atoms with Crippen molar-refractivity contribution in [3.63, 3.8) is 0 Å². The monoisotopic (exact) mass is 1090 g/mol. The minimum Gasteiger partial charge on any atom is -0.493 e. The molecule has 416 valence electrons. The third-order valence-electron chi connectivity index (χ3n) is 12.2. The summed E-state index contributed by atoms with van der Waals surface area (Å²) < 4.78 is 32.5. The quantitative estimate of drug-likeness (QED) is 0.0278. The summed E-state index contributed by atoms with van der Waals surface area (Å²) in [5.41, 5.74) is 11.1. The molecule has 0 bridgehead atoms. The molecule has 6 N–H and O–H groups in total. The Kier molecular flexibility index (Phi) is 20.5. The molecule has 0 saturated carbocycles. The lowest BCUT2D eigenvalue weighted by Crippen LogP contribution is -2.16. The number of hydrogen-bond acceptors (Lipinski definition) is 21. The molecule has 0 atom stereocenters. The van der Waals surface area contributed by atoms with Gasteiger partial charge < -0.3 is 54.8 Å². The Labute approximate surface area is 468 Å². The highest BCUT2D eigenvalue weighted by Gasteiger charge is 2.18. The maximum Gasteiger partial charge on any atom is 0.284 e. The van der Waals surface area contributed by atoms with Crippen molar-refractivity contribution in [1.82, 2.24) is 40.3 Å². The number of anilines is 4. The molecule has 81 heavy (non-hydrogen) atoms. The van der Waals surface area contributed by atoms with Gasteiger partial charge in [-0.3, -0.25) is 9.59 Å². The molecule has 10 rings (SSSR count). The van der Waals surface area contributed by atoms with E-state index in [9.17, 15) is 9.59 Å². The Morgan fingerprint density at radius 3 is 1.31 bits per heavy atom. The Morgan fingerprint density at radius 2 is 0.889 bits per heavy atom. The lowest BCUT2D eigenvalue weighted by Gasteiger charge is -2.14. The molecule has 0 aliphatic heterocycles. The van der Waals surface area contributed by atoms with Crippen molar-refractivity contribution in [3.05, 3.63) is 169 Å². The van der Waals surface area contributed by atoms with Gasteiger partial charge in [0.2, 0.25) is 35.2 Å². The number of Topliss-reactive ketones (excluding diaryl/α,β-unsaturated/α-hetero) is 2. The fraction of sp³-hybridized carbons (Fsp3) is 0.233. The SMILES string of the molecule is CC(=O)c1nnc(-c2ccccc2)o1.COc1cc2nc(NCCCC(=O)c3nnc(-c4ccccc4)o3)nc(NCCc3ccccc3)c2cc1OC.COc1cc2nc(NCCN)nc(NCCc3ccccc3)c2cc1OC. The van der Waals surface area contributed by atoms with Gasteiger partial charge in [0.1, 0.15) is 11.6 Å². The zero-order valence-corrected chi connectivity index (χ0v) is 45.6. The average molecular weight is 1090 g/mol. The molecule has 0 aliphatic carbocycles. The number of rotatable bonds is 24. The first-order valence-corrected chi connectivity index (χ1v) is 26.1. The van der Waals surface area contributed by atoms with Crippen molar-refractivity contribution >= 4 is 56.9 Å². The lowest BCUT2D eigenvalue weighted by molar-refractivity contribution is 0.0946. The maximum atomic E-state index is 12.6. The van der Waals surface area contributed by atoms with Gasteiger partial charge in [0.25, 0.3) is 11.8 Å². The fourth-order valence-electron chi connectivity index (χ4n) is 8.11. The molecule has 0 radical (unpaired) electrons. The first-order valence-electron chi connectivity index (χ1n) is 26.1. The normalized spacial score (nSPS) is 10.6. The van der Waals surface area contributed by atoms with E-state index in [0.717, 1.165) is 52.6 Å². The zero-order valence-electron chi connectivity index (χ0n) is 45.6. The van der Waals surface area contributed by atoms with Crippen molar-refractivity contribution in [2.24, 2.45) is 5.73 Å². The van der Waals surface area contributed by atoms with Crippen LogP contribution in [0.5, 0.6) is 23.0 Å². The minimum atomic E-state index is -0.223. The zero-order chi connectivity index (χ0) is 56.8. The number of ether oxygens (including phenoxy) is 4. The van der Waals surface area contributed by atoms with Gasteiger partial charge in [-0.05, 0) is 66.8 Å². The number of carbonyl (C=O) groups is 2. The maximum absolute atomic E-state index is 12.6. The summed E-state index contributed by atoms with van der Waals surface area (Å²) in [6.45, 7) is 4.41. The molecule has 4 heterocycles. The molecule has 4 aromatic heterocycles. The second-order valence-corrected chi connectivity index (χ2v) is 17.8. The Balaban J connectivity index is 0.000000179. The number of nitrogens with zero attached hydrogens (tertiary/aromatic N) is 8. The van der Waals surface area contributed by atoms with Crippen LogP contribution in [0.4, 0.5) is 23.5 Å². The van der Waals surface area contributed by atoms with Crippen LogP contribution in [-0.4, -0.2) is 113 Å². The van der Waals surface area contributed by atoms with E-state index in [2.05, 4.69) is 80.9 Å². The molecule has 10 aromatic rings. The second-order valence-electron chi connectivity index (χ2n) is 17.8. The first kappa shape index (κ1) is 57.2. The molecule has 0 unspecified atom stereocenters. The summed E-state index contributed by atoms with van der Waals surface area (Å²) in [6, 6.07) is 46.7. The van der Waals surface area contributed by atoms with Crippen LogP contribution in [0.1, 0.15) is 52.3 Å². The van der Waals surface area contributed by atoms with Gasteiger partial charge in [-0.15, -0.1) is 20.4 Å². The standard InChI is InChI=1S/C30H30N6O4.C20H25N5O2.C10H8N2O2/c1-38-25-18-22-23(19-26(25)39-2)33-30(34-27(22)31-17-15-20-10-5-3-6-11-20)32-16-9-14-24(37)29-36-35-28(40-29)21-12-7-4-8-13-21;1-26-17-12-15-16(13-18(17)27-2)24-20(23-11-9-21)25-19(15)22-10-8-14-6-4-3-5-7-14;1-7(13)9-11-12-10(14-9)8-5-3-2-4-6-8/h3-8,10-13,18-19H,9,14-17H2,1-2H3,(H2,31,32,33,34);3-7,12-13H,8-11,21H2,1-2H3,(H2,22,23,24,25);2-6H,1H3. The smallest absolute Gasteiger partial charge is 0.284 e. The molecular formula is C60H63N13O8. The van der Waals surface area contributed by atoms with Crippen LogP contribution in [0.15, 0.2) is 154 Å². The number of carbonyl (C=O) groups excluding carboxylic acids is 2. The third-order valence-corrected chi connectivity index (χ3v) is 12.2. The fourth-order valence-corrected chi connectivity index (χ4v) is 8.11. The van der Waals surface area contributed by atoms with E-state index in [-0.39, 0.29) is 29.8 Å². The molecule has 0 spiro atoms. The number of methoxy groups -OCH3 is 4. The highest BCUT2D eigenvalue weighted by atomic mass is 16.5. The predicted molar refractivity (Wildman–Crippen MR) is 312 cm³/mol.